The number of halogens is 1. The van der Waals surface area contributed by atoms with Crippen LogP contribution in [0.4, 0.5) is 9.52 Å². The molecule has 1 saturated carbocycles. The molecule has 1 amide bonds. The molecule has 2 N–H and O–H groups in total. The Morgan fingerprint density at radius 2 is 2.00 bits per heavy atom. The maximum Gasteiger partial charge on any atom is 0.260 e. The summed E-state index contributed by atoms with van der Waals surface area (Å²) in [6.45, 7) is 3.95. The van der Waals surface area contributed by atoms with E-state index in [-0.39, 0.29) is 27.6 Å². The number of nitrogens with zero attached hydrogens (tertiary/aromatic N) is 2. The highest BCUT2D eigenvalue weighted by atomic mass is 32.2. The molecule has 10 heteroatoms. The van der Waals surface area contributed by atoms with Crippen LogP contribution in [0, 0.1) is 5.82 Å². The van der Waals surface area contributed by atoms with E-state index in [1.807, 2.05) is 0 Å². The Kier molecular flexibility index (Phi) is 5.59. The highest BCUT2D eigenvalue weighted by Gasteiger charge is 2.34. The lowest BCUT2D eigenvalue weighted by Crippen LogP contribution is -2.24. The molecule has 0 bridgehead atoms. The van der Waals surface area contributed by atoms with Crippen LogP contribution in [-0.4, -0.2) is 31.1 Å². The van der Waals surface area contributed by atoms with Crippen molar-refractivity contribution in [3.63, 3.8) is 0 Å². The van der Waals surface area contributed by atoms with E-state index in [9.17, 15) is 17.6 Å². The number of benzene rings is 1. The van der Waals surface area contributed by atoms with Gasteiger partial charge < -0.3 is 0 Å². The number of carbonyl (C=O) groups is 1. The van der Waals surface area contributed by atoms with Crippen LogP contribution >= 0.6 is 11.3 Å². The van der Waals surface area contributed by atoms with Gasteiger partial charge in [-0.2, -0.15) is 0 Å². The van der Waals surface area contributed by atoms with Crippen LogP contribution < -0.4 is 10.0 Å². The average molecular weight is 413 g/mol. The number of amides is 1. The molecule has 1 heterocycles. The summed E-state index contributed by atoms with van der Waals surface area (Å²) >= 11 is 1.27. The van der Waals surface area contributed by atoms with Crippen molar-refractivity contribution >= 4 is 32.4 Å². The molecule has 0 unspecified atom stereocenters. The van der Waals surface area contributed by atoms with E-state index in [1.165, 1.54) is 11.3 Å². The van der Waals surface area contributed by atoms with Crippen LogP contribution in [0.2, 0.25) is 0 Å². The minimum Gasteiger partial charge on any atom is -0.296 e. The lowest BCUT2D eigenvalue weighted by molar-refractivity contribution is 0.102. The summed E-state index contributed by atoms with van der Waals surface area (Å²) in [5.74, 6) is -1.57. The van der Waals surface area contributed by atoms with Crippen LogP contribution in [0.25, 0.3) is 0 Å². The molecule has 0 saturated heterocycles. The molecular weight excluding hydrogens is 391 g/mol. The Morgan fingerprint density at radius 1 is 1.30 bits per heavy atom. The third-order valence-electron chi connectivity index (χ3n) is 4.70. The van der Waals surface area contributed by atoms with E-state index in [2.05, 4.69) is 27.2 Å². The quantitative estimate of drug-likeness (QED) is 0.759. The number of nitrogens with one attached hydrogen (secondary N) is 2. The molecule has 146 valence electrons. The second-order valence-corrected chi connectivity index (χ2v) is 9.52. The minimum atomic E-state index is -3.79. The van der Waals surface area contributed by atoms with Gasteiger partial charge in [-0.3, -0.25) is 10.1 Å². The molecule has 3 rings (SSSR count). The molecule has 0 aliphatic heterocycles. The predicted octanol–water partition coefficient (Wildman–Crippen LogP) is 3.06. The summed E-state index contributed by atoms with van der Waals surface area (Å²) in [5, 5.41) is 11.8. The molecule has 1 aliphatic carbocycles. The van der Waals surface area contributed by atoms with Gasteiger partial charge in [0.05, 0.1) is 10.5 Å². The van der Waals surface area contributed by atoms with Crippen LogP contribution in [-0.2, 0) is 15.4 Å². The molecule has 7 nitrogen and oxygen atoms in total. The molecule has 1 aromatic heterocycles. The zero-order valence-electron chi connectivity index (χ0n) is 15.1. The number of anilines is 1. The Bertz CT molecular complexity index is 953. The fourth-order valence-electron chi connectivity index (χ4n) is 3.17. The van der Waals surface area contributed by atoms with Gasteiger partial charge in [-0.25, -0.2) is 17.5 Å². The smallest absolute Gasteiger partial charge is 0.260 e. The Morgan fingerprint density at radius 3 is 2.67 bits per heavy atom. The summed E-state index contributed by atoms with van der Waals surface area (Å²) in [6, 6.07) is 3.10. The fourth-order valence-corrected chi connectivity index (χ4v) is 5.18. The van der Waals surface area contributed by atoms with Gasteiger partial charge in [-0.1, -0.05) is 38.0 Å². The minimum absolute atomic E-state index is 0.0360. The van der Waals surface area contributed by atoms with Crippen molar-refractivity contribution in [1.82, 2.24) is 14.9 Å². The van der Waals surface area contributed by atoms with Crippen molar-refractivity contribution in [3.8, 4) is 0 Å². The third kappa shape index (κ3) is 4.17. The molecule has 0 spiro atoms. The first-order valence-electron chi connectivity index (χ1n) is 8.70. The van der Waals surface area contributed by atoms with Crippen LogP contribution in [0.1, 0.15) is 54.9 Å². The van der Waals surface area contributed by atoms with Gasteiger partial charge in [0.1, 0.15) is 10.8 Å². The number of aromatic nitrogens is 2. The van der Waals surface area contributed by atoms with Crippen molar-refractivity contribution in [1.29, 1.82) is 0 Å². The van der Waals surface area contributed by atoms with Gasteiger partial charge >= 0.3 is 0 Å². The zero-order chi connectivity index (χ0) is 19.7. The van der Waals surface area contributed by atoms with Gasteiger partial charge in [0.15, 0.2) is 0 Å². The Hall–Kier alpha value is -1.91. The van der Waals surface area contributed by atoms with Gasteiger partial charge in [-0.05, 0) is 31.0 Å². The monoisotopic (exact) mass is 412 g/mol. The van der Waals surface area contributed by atoms with Crippen LogP contribution in [0.5, 0.6) is 0 Å². The van der Waals surface area contributed by atoms with Gasteiger partial charge in [0.2, 0.25) is 15.2 Å². The largest absolute Gasteiger partial charge is 0.296 e. The standard InChI is InChI=1S/C17H21FN4O3S2/c1-3-19-27(24,25)11-6-7-13(18)12(10-11)14(23)20-16-22-21-15(26-16)17(2)8-4-5-9-17/h6-7,10,19H,3-5,8-9H2,1-2H3,(H,20,22,23). The van der Waals surface area contributed by atoms with E-state index in [1.54, 1.807) is 6.92 Å². The first-order chi connectivity index (χ1) is 12.7. The van der Waals surface area contributed by atoms with Crippen LogP contribution in [0.3, 0.4) is 0 Å². The number of hydrogen-bond acceptors (Lipinski definition) is 6. The lowest BCUT2D eigenvalue weighted by atomic mass is 9.90. The van der Waals surface area contributed by atoms with E-state index in [0.717, 1.165) is 48.9 Å². The molecular formula is C17H21FN4O3S2. The lowest BCUT2D eigenvalue weighted by Gasteiger charge is -2.18. The predicted molar refractivity (Wildman–Crippen MR) is 101 cm³/mol. The summed E-state index contributed by atoms with van der Waals surface area (Å²) in [5.41, 5.74) is -0.399. The molecule has 1 fully saturated rings. The van der Waals surface area contributed by atoms with Crippen LogP contribution in [0.15, 0.2) is 23.1 Å². The first kappa shape index (κ1) is 19.8. The molecule has 0 atom stereocenters. The molecule has 1 aromatic carbocycles. The molecule has 2 aromatic rings. The SMILES string of the molecule is CCNS(=O)(=O)c1ccc(F)c(C(=O)Nc2nnc(C3(C)CCCC3)s2)c1. The summed E-state index contributed by atoms with van der Waals surface area (Å²) in [6.07, 6.45) is 4.31. The summed E-state index contributed by atoms with van der Waals surface area (Å²) in [4.78, 5) is 12.3. The van der Waals surface area contributed by atoms with E-state index in [0.29, 0.717) is 0 Å². The maximum absolute atomic E-state index is 14.1. The number of rotatable bonds is 6. The van der Waals surface area contributed by atoms with E-state index < -0.39 is 21.7 Å². The van der Waals surface area contributed by atoms with Crippen molar-refractivity contribution in [2.45, 2.75) is 49.8 Å². The second kappa shape index (κ2) is 7.61. The number of hydrogen-bond donors (Lipinski definition) is 2. The summed E-state index contributed by atoms with van der Waals surface area (Å²) < 4.78 is 40.6. The van der Waals surface area contributed by atoms with Gasteiger partial charge in [0, 0.05) is 12.0 Å². The number of sulfonamides is 1. The summed E-state index contributed by atoms with van der Waals surface area (Å²) in [7, 11) is -3.79. The highest BCUT2D eigenvalue weighted by molar-refractivity contribution is 7.89. The topological polar surface area (TPSA) is 101 Å². The van der Waals surface area contributed by atoms with Gasteiger partial charge in [-0.15, -0.1) is 10.2 Å². The molecule has 27 heavy (non-hydrogen) atoms. The highest BCUT2D eigenvalue weighted by Crippen LogP contribution is 2.42. The van der Waals surface area contributed by atoms with Gasteiger partial charge in [0.25, 0.3) is 5.91 Å². The fraction of sp³-hybridized carbons (Fsp3) is 0.471. The average Bonchev–Trinajstić information content (AvgIpc) is 3.25. The van der Waals surface area contributed by atoms with E-state index in [4.69, 9.17) is 0 Å². The second-order valence-electron chi connectivity index (χ2n) is 6.78. The Balaban J connectivity index is 1.81. The maximum atomic E-state index is 14.1. The zero-order valence-corrected chi connectivity index (χ0v) is 16.7. The van der Waals surface area contributed by atoms with Crippen molar-refractivity contribution in [3.05, 3.63) is 34.6 Å². The Labute approximate surface area is 161 Å². The molecule has 0 radical (unpaired) electrons. The normalized spacial score (nSPS) is 16.4. The van der Waals surface area contributed by atoms with Crippen molar-refractivity contribution in [2.75, 3.05) is 11.9 Å². The number of carbonyl (C=O) groups excluding carboxylic acids is 1. The van der Waals surface area contributed by atoms with Crippen molar-refractivity contribution < 1.29 is 17.6 Å². The van der Waals surface area contributed by atoms with Crippen molar-refractivity contribution in [2.24, 2.45) is 0 Å². The third-order valence-corrected chi connectivity index (χ3v) is 7.38. The first-order valence-corrected chi connectivity index (χ1v) is 11.0. The molecule has 1 aliphatic rings. The van der Waals surface area contributed by atoms with E-state index >= 15 is 0 Å².